The van der Waals surface area contributed by atoms with E-state index in [4.69, 9.17) is 32.7 Å². The van der Waals surface area contributed by atoms with Crippen molar-refractivity contribution in [2.45, 2.75) is 84.2 Å². The van der Waals surface area contributed by atoms with Gasteiger partial charge in [-0.25, -0.2) is 14.2 Å². The van der Waals surface area contributed by atoms with Crippen LogP contribution in [0.4, 0.5) is 21.5 Å². The minimum atomic E-state index is -1.05. The summed E-state index contributed by atoms with van der Waals surface area (Å²) in [5.41, 5.74) is 2.63. The topological polar surface area (TPSA) is 171 Å². The van der Waals surface area contributed by atoms with Crippen LogP contribution in [0, 0.1) is 17.8 Å². The summed E-state index contributed by atoms with van der Waals surface area (Å²) in [4.78, 5) is 65.4. The van der Waals surface area contributed by atoms with E-state index in [1.165, 1.54) is 28.3 Å². The molecule has 4 aromatic carbocycles. The number of rotatable bonds is 17. The normalized spacial score (nSPS) is 17.2. The number of aliphatic hydroxyl groups is 1. The first-order valence-electron chi connectivity index (χ1n) is 22.3. The van der Waals surface area contributed by atoms with Crippen molar-refractivity contribution in [3.63, 3.8) is 0 Å². The first-order valence-corrected chi connectivity index (χ1v) is 22.7. The zero-order valence-corrected chi connectivity index (χ0v) is 39.3. The van der Waals surface area contributed by atoms with Gasteiger partial charge in [0.1, 0.15) is 35.8 Å². The summed E-state index contributed by atoms with van der Waals surface area (Å²) in [5.74, 6) is -1.04. The van der Waals surface area contributed by atoms with Gasteiger partial charge in [-0.1, -0.05) is 75.4 Å². The maximum absolute atomic E-state index is 14.5. The van der Waals surface area contributed by atoms with E-state index in [-0.39, 0.29) is 48.5 Å². The van der Waals surface area contributed by atoms with Crippen LogP contribution in [0.5, 0.6) is 5.75 Å². The van der Waals surface area contributed by atoms with Crippen LogP contribution >= 0.6 is 12.2 Å². The van der Waals surface area contributed by atoms with Gasteiger partial charge in [-0.15, -0.1) is 0 Å². The molecule has 17 heteroatoms. The van der Waals surface area contributed by atoms with Gasteiger partial charge in [0.05, 0.1) is 31.2 Å². The molecule has 2 saturated heterocycles. The third-order valence-corrected chi connectivity index (χ3v) is 12.3. The SMILES string of the molecule is [C-]#[N+]c1ccc(N2C(=O)C(C)(C)N(c3ccc(-c4ccc(OCCCCOCC(=O)N[C@H](C(=O)N5C[C@H](O)C[C@H]5C(=O)NCc5ccc(-c6cnco6)cc5)C(C)(C)C)cc4)cc3)C2=S)cc1F. The monoisotopic (exact) mass is 943 g/mol. The molecule has 68 heavy (non-hydrogen) atoms. The van der Waals surface area contributed by atoms with Crippen LogP contribution in [0.15, 0.2) is 108 Å². The van der Waals surface area contributed by atoms with Crippen molar-refractivity contribution in [1.29, 1.82) is 0 Å². The van der Waals surface area contributed by atoms with Crippen LogP contribution in [-0.4, -0.2) is 93.8 Å². The lowest BCUT2D eigenvalue weighted by Gasteiger charge is -2.35. The number of aliphatic hydroxyl groups excluding tert-OH is 1. The van der Waals surface area contributed by atoms with Crippen LogP contribution in [0.1, 0.15) is 59.4 Å². The molecular weight excluding hydrogens is 890 g/mol. The quantitative estimate of drug-likeness (QED) is 0.0477. The number of hydrogen-bond acceptors (Lipinski definition) is 10. The number of hydrogen-bond donors (Lipinski definition) is 3. The lowest BCUT2D eigenvalue weighted by Crippen LogP contribution is -2.58. The minimum absolute atomic E-state index is 0.0314. The van der Waals surface area contributed by atoms with Gasteiger partial charge in [0.15, 0.2) is 17.3 Å². The van der Waals surface area contributed by atoms with Gasteiger partial charge in [0.25, 0.3) is 5.91 Å². The Morgan fingerprint density at radius 3 is 2.25 bits per heavy atom. The summed E-state index contributed by atoms with van der Waals surface area (Å²) in [6, 6.07) is 24.8. The molecule has 4 amide bonds. The van der Waals surface area contributed by atoms with Crippen molar-refractivity contribution in [1.82, 2.24) is 20.5 Å². The summed E-state index contributed by atoms with van der Waals surface area (Å²) in [5, 5.41) is 16.4. The van der Waals surface area contributed by atoms with E-state index in [2.05, 4.69) is 20.5 Å². The number of carbonyl (C=O) groups excluding carboxylic acids is 4. The number of thiocarbonyl (C=S) groups is 1. The molecule has 3 N–H and O–H groups in total. The second-order valence-corrected chi connectivity index (χ2v) is 18.7. The molecule has 2 fully saturated rings. The number of oxazole rings is 1. The van der Waals surface area contributed by atoms with Gasteiger partial charge >= 0.3 is 0 Å². The molecule has 7 rings (SSSR count). The molecule has 3 heterocycles. The highest BCUT2D eigenvalue weighted by molar-refractivity contribution is 7.81. The molecule has 5 aromatic rings. The van der Waals surface area contributed by atoms with Gasteiger partial charge in [0, 0.05) is 37.4 Å². The Morgan fingerprint density at radius 1 is 0.971 bits per heavy atom. The number of aromatic nitrogens is 1. The van der Waals surface area contributed by atoms with E-state index >= 15 is 0 Å². The molecule has 0 saturated carbocycles. The van der Waals surface area contributed by atoms with Crippen LogP contribution < -0.4 is 25.2 Å². The standard InChI is InChI=1S/C51H54FN7O8S/c1-50(2,3)45(47(63)57-29-38(60)26-42(57)46(62)55-27-32-9-11-35(12-10-32)43-28-54-31-67-43)56-44(61)30-65-23-7-8-24-66-39-20-15-34(16-21-39)33-13-17-36(18-14-33)59-49(68)58(48(64)51(59,4)5)37-19-22-41(53-6)40(52)25-37/h9-22,25,28,31,38,42,45,60H,7-8,23-24,26-27,29-30H2,1-5H3,(H,55,62)(H,56,61)/t38-,42+,45-/m1/s1. The van der Waals surface area contributed by atoms with Gasteiger partial charge in [0.2, 0.25) is 23.4 Å². The van der Waals surface area contributed by atoms with Crippen LogP contribution in [0.2, 0.25) is 0 Å². The number of ether oxygens (including phenoxy) is 2. The van der Waals surface area contributed by atoms with E-state index in [0.717, 1.165) is 28.3 Å². The van der Waals surface area contributed by atoms with Crippen LogP contribution in [0.25, 0.3) is 27.3 Å². The van der Waals surface area contributed by atoms with Gasteiger partial charge in [-0.2, -0.15) is 0 Å². The molecule has 15 nitrogen and oxygen atoms in total. The second kappa shape index (κ2) is 20.9. The number of amides is 4. The second-order valence-electron chi connectivity index (χ2n) is 18.3. The lowest BCUT2D eigenvalue weighted by atomic mass is 9.85. The summed E-state index contributed by atoms with van der Waals surface area (Å²) in [7, 11) is 0. The highest BCUT2D eigenvalue weighted by Crippen LogP contribution is 2.38. The fraction of sp³-hybridized carbons (Fsp3) is 0.353. The Morgan fingerprint density at radius 2 is 1.62 bits per heavy atom. The molecule has 2 aliphatic heterocycles. The van der Waals surface area contributed by atoms with Crippen LogP contribution in [-0.2, 0) is 30.5 Å². The summed E-state index contributed by atoms with van der Waals surface area (Å²) < 4.78 is 31.4. The number of likely N-dealkylation sites (tertiary alicyclic amines) is 1. The van der Waals surface area contributed by atoms with Gasteiger partial charge in [-0.3, -0.25) is 24.1 Å². The first-order chi connectivity index (χ1) is 32.5. The average molecular weight is 944 g/mol. The van der Waals surface area contributed by atoms with E-state index in [0.29, 0.717) is 43.3 Å². The number of nitrogens with zero attached hydrogens (tertiary/aromatic N) is 5. The molecule has 0 aliphatic carbocycles. The van der Waals surface area contributed by atoms with E-state index in [1.807, 2.05) is 93.6 Å². The number of nitrogens with one attached hydrogen (secondary N) is 2. The van der Waals surface area contributed by atoms with Crippen molar-refractivity contribution in [3.05, 3.63) is 126 Å². The Labute approximate surface area is 400 Å². The van der Waals surface area contributed by atoms with E-state index in [1.54, 1.807) is 24.9 Å². The lowest BCUT2D eigenvalue weighted by molar-refractivity contribution is -0.144. The predicted octanol–water partition coefficient (Wildman–Crippen LogP) is 7.60. The molecule has 2 aliphatic rings. The highest BCUT2D eigenvalue weighted by Gasteiger charge is 2.50. The molecule has 1 aromatic heterocycles. The fourth-order valence-corrected chi connectivity index (χ4v) is 8.69. The largest absolute Gasteiger partial charge is 0.494 e. The Hall–Kier alpha value is -7.00. The maximum Gasteiger partial charge on any atom is 0.259 e. The molecule has 0 spiro atoms. The predicted molar refractivity (Wildman–Crippen MR) is 258 cm³/mol. The van der Waals surface area contributed by atoms with Crippen molar-refractivity contribution in [3.8, 4) is 28.2 Å². The number of β-amino-alcohol motifs (C(OH)–C–C–N with tert-alkyl or cyclic N) is 1. The molecule has 354 valence electrons. The fourth-order valence-electron chi connectivity index (χ4n) is 8.16. The molecular formula is C51H54FN7O8S. The Balaban J connectivity index is 0.831. The summed E-state index contributed by atoms with van der Waals surface area (Å²) in [6.45, 7) is 16.8. The number of unbranched alkanes of at least 4 members (excludes halogenated alkanes) is 1. The van der Waals surface area contributed by atoms with Crippen molar-refractivity contribution in [2.75, 3.05) is 36.2 Å². The zero-order valence-electron chi connectivity index (χ0n) is 38.5. The van der Waals surface area contributed by atoms with Crippen molar-refractivity contribution >= 4 is 58.0 Å². The van der Waals surface area contributed by atoms with Crippen molar-refractivity contribution in [2.24, 2.45) is 5.41 Å². The van der Waals surface area contributed by atoms with E-state index < -0.39 is 52.7 Å². The molecule has 0 unspecified atom stereocenters. The van der Waals surface area contributed by atoms with Crippen molar-refractivity contribution < 1.29 is 42.6 Å². The molecule has 3 atom stereocenters. The average Bonchev–Trinajstić information content (AvgIpc) is 4.04. The number of benzene rings is 4. The zero-order chi connectivity index (χ0) is 48.8. The third kappa shape index (κ3) is 11.1. The Bertz CT molecular complexity index is 2670. The number of carbonyl (C=O) groups is 4. The molecule has 0 radical (unpaired) electrons. The Kier molecular flexibility index (Phi) is 15.0. The number of halogens is 1. The first kappa shape index (κ1) is 48.9. The maximum atomic E-state index is 14.5. The summed E-state index contributed by atoms with van der Waals surface area (Å²) in [6.07, 6.45) is 3.45. The summed E-state index contributed by atoms with van der Waals surface area (Å²) >= 11 is 5.74. The van der Waals surface area contributed by atoms with Gasteiger partial charge < -0.3 is 39.4 Å². The highest BCUT2D eigenvalue weighted by atomic mass is 32.1. The van der Waals surface area contributed by atoms with E-state index in [9.17, 15) is 28.7 Å². The van der Waals surface area contributed by atoms with Gasteiger partial charge in [-0.05, 0) is 97.4 Å². The smallest absolute Gasteiger partial charge is 0.259 e. The minimum Gasteiger partial charge on any atom is -0.494 e. The molecule has 0 bridgehead atoms. The number of anilines is 2. The third-order valence-electron chi connectivity index (χ3n) is 11.9. The van der Waals surface area contributed by atoms with Crippen LogP contribution in [0.3, 0.4) is 0 Å².